The lowest BCUT2D eigenvalue weighted by molar-refractivity contribution is -0.145. The van der Waals surface area contributed by atoms with Gasteiger partial charge in [0.2, 0.25) is 0 Å². The van der Waals surface area contributed by atoms with E-state index in [0.29, 0.717) is 6.61 Å². The minimum atomic E-state index is -0.477. The van der Waals surface area contributed by atoms with Crippen LogP contribution in [-0.2, 0) is 9.53 Å². The molecule has 3 nitrogen and oxygen atoms in total. The molecule has 0 aromatic heterocycles. The van der Waals surface area contributed by atoms with E-state index in [1.165, 1.54) is 0 Å². The third-order valence-electron chi connectivity index (χ3n) is 3.38. The minimum absolute atomic E-state index is 0.00329. The number of rotatable bonds is 4. The zero-order valence-corrected chi connectivity index (χ0v) is 10.2. The van der Waals surface area contributed by atoms with Gasteiger partial charge in [0.05, 0.1) is 18.6 Å². The second-order valence-corrected chi connectivity index (χ2v) is 4.53. The molecule has 0 saturated heterocycles. The first-order chi connectivity index (χ1) is 8.16. The molecule has 0 unspecified atom stereocenters. The lowest BCUT2D eigenvalue weighted by Gasteiger charge is -2.02. The number of aliphatic hydroxyl groups excluding tert-OH is 1. The van der Waals surface area contributed by atoms with Crippen LogP contribution in [0.2, 0.25) is 0 Å². The second kappa shape index (κ2) is 4.88. The fraction of sp³-hybridized carbons (Fsp3) is 0.500. The molecule has 0 spiro atoms. The summed E-state index contributed by atoms with van der Waals surface area (Å²) in [6.07, 6.45) is -0.477. The number of carbonyl (C=O) groups is 1. The summed E-state index contributed by atoms with van der Waals surface area (Å²) in [6.45, 7) is 3.93. The van der Waals surface area contributed by atoms with Gasteiger partial charge >= 0.3 is 5.97 Å². The summed E-state index contributed by atoms with van der Waals surface area (Å²) in [5.41, 5.74) is 1.11. The Morgan fingerprint density at radius 2 is 2.06 bits per heavy atom. The summed E-state index contributed by atoms with van der Waals surface area (Å²) < 4.78 is 5.05. The Morgan fingerprint density at radius 1 is 1.41 bits per heavy atom. The standard InChI is InChI=1S/C14H18O3/c1-3-17-14(16)13-11(9(2)15)12(13)10-7-5-4-6-8-10/h4-9,11-13,15H,3H2,1-2H3/t9-,11+,12-,13-/m0/s1. The van der Waals surface area contributed by atoms with E-state index in [1.54, 1.807) is 13.8 Å². The molecule has 1 aromatic rings. The van der Waals surface area contributed by atoms with Crippen molar-refractivity contribution in [3.8, 4) is 0 Å². The smallest absolute Gasteiger partial charge is 0.309 e. The van der Waals surface area contributed by atoms with E-state index < -0.39 is 6.10 Å². The Hall–Kier alpha value is -1.35. The van der Waals surface area contributed by atoms with Crippen LogP contribution < -0.4 is 0 Å². The number of esters is 1. The molecule has 17 heavy (non-hydrogen) atoms. The molecule has 3 heteroatoms. The van der Waals surface area contributed by atoms with Gasteiger partial charge in [-0.2, -0.15) is 0 Å². The van der Waals surface area contributed by atoms with Crippen LogP contribution in [0.15, 0.2) is 30.3 Å². The van der Waals surface area contributed by atoms with Crippen LogP contribution in [0.4, 0.5) is 0 Å². The van der Waals surface area contributed by atoms with Crippen molar-refractivity contribution in [3.63, 3.8) is 0 Å². The summed E-state index contributed by atoms with van der Waals surface area (Å²) >= 11 is 0. The van der Waals surface area contributed by atoms with Crippen molar-refractivity contribution in [1.29, 1.82) is 0 Å². The van der Waals surface area contributed by atoms with E-state index in [1.807, 2.05) is 30.3 Å². The largest absolute Gasteiger partial charge is 0.466 e. The topological polar surface area (TPSA) is 46.5 Å². The van der Waals surface area contributed by atoms with Gasteiger partial charge in [0, 0.05) is 11.8 Å². The maximum absolute atomic E-state index is 11.8. The lowest BCUT2D eigenvalue weighted by Crippen LogP contribution is -2.12. The van der Waals surface area contributed by atoms with Crippen molar-refractivity contribution in [1.82, 2.24) is 0 Å². The molecule has 0 bridgehead atoms. The van der Waals surface area contributed by atoms with Crippen LogP contribution >= 0.6 is 0 Å². The van der Waals surface area contributed by atoms with Crippen molar-refractivity contribution < 1.29 is 14.6 Å². The number of aliphatic hydroxyl groups is 1. The first-order valence-electron chi connectivity index (χ1n) is 6.06. The Bertz CT molecular complexity index is 386. The Morgan fingerprint density at radius 3 is 2.59 bits per heavy atom. The van der Waals surface area contributed by atoms with Gasteiger partial charge in [-0.3, -0.25) is 4.79 Å². The molecule has 1 aliphatic rings. The molecule has 2 rings (SSSR count). The Kier molecular flexibility index (Phi) is 3.48. The van der Waals surface area contributed by atoms with Crippen molar-refractivity contribution in [2.75, 3.05) is 6.61 Å². The summed E-state index contributed by atoms with van der Waals surface area (Å²) in [7, 11) is 0. The Balaban J connectivity index is 2.15. The minimum Gasteiger partial charge on any atom is -0.466 e. The zero-order valence-electron chi connectivity index (χ0n) is 10.2. The maximum Gasteiger partial charge on any atom is 0.309 e. The summed E-state index contributed by atoms with van der Waals surface area (Å²) in [5, 5.41) is 9.70. The summed E-state index contributed by atoms with van der Waals surface area (Å²) in [6, 6.07) is 9.85. The number of hydrogen-bond acceptors (Lipinski definition) is 3. The molecule has 92 valence electrons. The third-order valence-corrected chi connectivity index (χ3v) is 3.38. The molecule has 0 aliphatic heterocycles. The van der Waals surface area contributed by atoms with E-state index >= 15 is 0 Å². The van der Waals surface area contributed by atoms with Crippen LogP contribution in [0.25, 0.3) is 0 Å². The molecule has 0 heterocycles. The summed E-state index contributed by atoms with van der Waals surface area (Å²) in [5.74, 6) is -0.267. The number of carbonyl (C=O) groups excluding carboxylic acids is 1. The summed E-state index contributed by atoms with van der Waals surface area (Å²) in [4.78, 5) is 11.8. The van der Waals surface area contributed by atoms with Gasteiger partial charge in [-0.1, -0.05) is 30.3 Å². The van der Waals surface area contributed by atoms with Gasteiger partial charge in [0.25, 0.3) is 0 Å². The molecule has 1 N–H and O–H groups in total. The molecule has 0 radical (unpaired) electrons. The number of ether oxygens (including phenoxy) is 1. The van der Waals surface area contributed by atoms with Gasteiger partial charge in [0.1, 0.15) is 0 Å². The highest BCUT2D eigenvalue weighted by atomic mass is 16.5. The van der Waals surface area contributed by atoms with Crippen LogP contribution in [0, 0.1) is 11.8 Å². The lowest BCUT2D eigenvalue weighted by atomic mass is 10.1. The monoisotopic (exact) mass is 234 g/mol. The normalized spacial score (nSPS) is 28.5. The van der Waals surface area contributed by atoms with Crippen LogP contribution in [-0.4, -0.2) is 23.8 Å². The van der Waals surface area contributed by atoms with Crippen LogP contribution in [0.5, 0.6) is 0 Å². The predicted molar refractivity (Wildman–Crippen MR) is 64.5 cm³/mol. The van der Waals surface area contributed by atoms with Gasteiger partial charge in [-0.05, 0) is 19.4 Å². The number of hydrogen-bond donors (Lipinski definition) is 1. The van der Waals surface area contributed by atoms with Crippen LogP contribution in [0.1, 0.15) is 25.3 Å². The van der Waals surface area contributed by atoms with Gasteiger partial charge in [0.15, 0.2) is 0 Å². The SMILES string of the molecule is CCOC(=O)[C@@H]1[C@@H](c2ccccc2)[C@H]1[C@H](C)O. The van der Waals surface area contributed by atoms with E-state index in [-0.39, 0.29) is 23.7 Å². The van der Waals surface area contributed by atoms with Gasteiger partial charge in [-0.15, -0.1) is 0 Å². The predicted octanol–water partition coefficient (Wildman–Crippen LogP) is 1.96. The Labute approximate surface area is 101 Å². The molecule has 0 amide bonds. The van der Waals surface area contributed by atoms with Crippen molar-refractivity contribution in [3.05, 3.63) is 35.9 Å². The van der Waals surface area contributed by atoms with Crippen molar-refractivity contribution in [2.24, 2.45) is 11.8 Å². The number of benzene rings is 1. The van der Waals surface area contributed by atoms with E-state index in [4.69, 9.17) is 4.74 Å². The first kappa shape index (κ1) is 12.1. The van der Waals surface area contributed by atoms with Gasteiger partial charge in [-0.25, -0.2) is 0 Å². The zero-order chi connectivity index (χ0) is 12.4. The molecular formula is C14H18O3. The average Bonchev–Trinajstić information content (AvgIpc) is 3.06. The molecule has 1 aromatic carbocycles. The van der Waals surface area contributed by atoms with E-state index in [0.717, 1.165) is 5.56 Å². The maximum atomic E-state index is 11.8. The van der Waals surface area contributed by atoms with E-state index in [2.05, 4.69) is 0 Å². The molecule has 1 saturated carbocycles. The molecule has 1 fully saturated rings. The first-order valence-corrected chi connectivity index (χ1v) is 6.06. The third kappa shape index (κ3) is 2.34. The fourth-order valence-corrected chi connectivity index (χ4v) is 2.58. The quantitative estimate of drug-likeness (QED) is 0.810. The molecule has 1 aliphatic carbocycles. The van der Waals surface area contributed by atoms with Gasteiger partial charge < -0.3 is 9.84 Å². The fourth-order valence-electron chi connectivity index (χ4n) is 2.58. The average molecular weight is 234 g/mol. The van der Waals surface area contributed by atoms with E-state index in [9.17, 15) is 9.90 Å². The van der Waals surface area contributed by atoms with Crippen LogP contribution in [0.3, 0.4) is 0 Å². The molecular weight excluding hydrogens is 216 g/mol. The highest BCUT2D eigenvalue weighted by Crippen LogP contribution is 2.56. The highest BCUT2D eigenvalue weighted by molar-refractivity contribution is 5.78. The highest BCUT2D eigenvalue weighted by Gasteiger charge is 2.58. The molecule has 4 atom stereocenters. The van der Waals surface area contributed by atoms with Crippen molar-refractivity contribution >= 4 is 5.97 Å². The van der Waals surface area contributed by atoms with Crippen molar-refractivity contribution in [2.45, 2.75) is 25.9 Å². The second-order valence-electron chi connectivity index (χ2n) is 4.53.